The highest BCUT2D eigenvalue weighted by molar-refractivity contribution is 5.98. The molecule has 0 saturated heterocycles. The number of aromatic nitrogens is 2. The normalized spacial score (nSPS) is 12.0. The van der Waals surface area contributed by atoms with E-state index in [0.717, 1.165) is 5.56 Å². The van der Waals surface area contributed by atoms with Gasteiger partial charge in [0.1, 0.15) is 17.4 Å². The van der Waals surface area contributed by atoms with Gasteiger partial charge in [0.15, 0.2) is 0 Å². The van der Waals surface area contributed by atoms with E-state index in [1.165, 1.54) is 0 Å². The lowest BCUT2D eigenvalue weighted by atomic mass is 10.0. The summed E-state index contributed by atoms with van der Waals surface area (Å²) in [7, 11) is 0. The third kappa shape index (κ3) is 4.18. The monoisotopic (exact) mass is 330 g/mol. The Kier molecular flexibility index (Phi) is 5.68. The third-order valence-corrected chi connectivity index (χ3v) is 3.80. The van der Waals surface area contributed by atoms with E-state index < -0.39 is 6.04 Å². The molecule has 0 radical (unpaired) electrons. The maximum Gasteiger partial charge on any atom is 0.252 e. The van der Waals surface area contributed by atoms with Crippen LogP contribution in [0.1, 0.15) is 41.2 Å². The van der Waals surface area contributed by atoms with Crippen molar-refractivity contribution < 1.29 is 14.2 Å². The number of carbonyl (C=O) groups is 2. The summed E-state index contributed by atoms with van der Waals surface area (Å²) < 4.78 is 4.60. The van der Waals surface area contributed by atoms with Gasteiger partial charge >= 0.3 is 0 Å². The fourth-order valence-electron chi connectivity index (χ4n) is 2.27. The van der Waals surface area contributed by atoms with Crippen molar-refractivity contribution in [2.24, 2.45) is 5.92 Å². The number of benzene rings is 1. The van der Waals surface area contributed by atoms with Crippen LogP contribution in [0.4, 0.5) is 0 Å². The molecule has 128 valence electrons. The van der Waals surface area contributed by atoms with Crippen LogP contribution in [0.25, 0.3) is 0 Å². The number of carbonyl (C=O) groups excluding carboxylic acids is 2. The van der Waals surface area contributed by atoms with Gasteiger partial charge in [0.25, 0.3) is 5.91 Å². The first-order chi connectivity index (χ1) is 11.4. The number of hydrogen-bond donors (Lipinski definition) is 2. The molecule has 1 aromatic heterocycles. The van der Waals surface area contributed by atoms with Crippen molar-refractivity contribution in [2.75, 3.05) is 0 Å². The molecule has 2 amide bonds. The first-order valence-electron chi connectivity index (χ1n) is 7.82. The van der Waals surface area contributed by atoms with Gasteiger partial charge in [0.2, 0.25) is 5.91 Å². The number of amides is 2. The number of aryl methyl sites for hydroxylation is 2. The van der Waals surface area contributed by atoms with Crippen LogP contribution in [0.3, 0.4) is 0 Å². The van der Waals surface area contributed by atoms with Gasteiger partial charge < -0.3 is 10.6 Å². The molecule has 1 heterocycles. The summed E-state index contributed by atoms with van der Waals surface area (Å²) in [5.41, 5.74) is 2.62. The van der Waals surface area contributed by atoms with Gasteiger partial charge in [-0.2, -0.15) is 0 Å². The number of nitrogens with one attached hydrogen (secondary N) is 2. The summed E-state index contributed by atoms with van der Waals surface area (Å²) >= 11 is 0. The van der Waals surface area contributed by atoms with Gasteiger partial charge in [-0.15, -0.1) is 0 Å². The van der Waals surface area contributed by atoms with E-state index in [-0.39, 0.29) is 24.3 Å². The Morgan fingerprint density at radius 3 is 2.46 bits per heavy atom. The second-order valence-corrected chi connectivity index (χ2v) is 6.02. The molecule has 0 aliphatic rings. The molecule has 0 saturated carbocycles. The molecule has 0 bridgehead atoms. The maximum absolute atomic E-state index is 12.4. The molecule has 0 aliphatic carbocycles. The first-order valence-corrected chi connectivity index (χ1v) is 7.82. The van der Waals surface area contributed by atoms with Crippen molar-refractivity contribution >= 4 is 11.8 Å². The molecule has 24 heavy (non-hydrogen) atoms. The van der Waals surface area contributed by atoms with Crippen LogP contribution < -0.4 is 10.6 Å². The first kappa shape index (κ1) is 17.7. The van der Waals surface area contributed by atoms with Crippen molar-refractivity contribution in [3.05, 3.63) is 46.8 Å². The highest BCUT2D eigenvalue weighted by atomic mass is 16.6. The van der Waals surface area contributed by atoms with E-state index in [1.807, 2.05) is 32.9 Å². The molecule has 1 aromatic carbocycles. The average molecular weight is 330 g/mol. The molecular formula is C17H22N4O3. The highest BCUT2D eigenvalue weighted by Crippen LogP contribution is 2.10. The molecule has 0 spiro atoms. The Morgan fingerprint density at radius 2 is 1.88 bits per heavy atom. The SMILES string of the molecule is Cc1ccccc1C(=O)N[C@H](C(=O)NCc1nonc1C)C(C)C. The van der Waals surface area contributed by atoms with Gasteiger partial charge in [-0.05, 0) is 31.4 Å². The molecule has 7 nitrogen and oxygen atoms in total. The van der Waals surface area contributed by atoms with Crippen LogP contribution in [0.15, 0.2) is 28.9 Å². The largest absolute Gasteiger partial charge is 0.348 e. The maximum atomic E-state index is 12.4. The third-order valence-electron chi connectivity index (χ3n) is 3.80. The molecule has 0 aliphatic heterocycles. The second kappa shape index (κ2) is 7.72. The van der Waals surface area contributed by atoms with Gasteiger partial charge in [-0.25, -0.2) is 4.63 Å². The predicted octanol–water partition coefficient (Wildman–Crippen LogP) is 1.76. The summed E-state index contributed by atoms with van der Waals surface area (Å²) in [6, 6.07) is 6.63. The molecule has 7 heteroatoms. The molecule has 2 N–H and O–H groups in total. The van der Waals surface area contributed by atoms with E-state index in [9.17, 15) is 9.59 Å². The highest BCUT2D eigenvalue weighted by Gasteiger charge is 2.25. The Hall–Kier alpha value is -2.70. The van der Waals surface area contributed by atoms with Gasteiger partial charge in [0.05, 0.1) is 6.54 Å². The van der Waals surface area contributed by atoms with Crippen molar-refractivity contribution in [3.63, 3.8) is 0 Å². The van der Waals surface area contributed by atoms with Gasteiger partial charge in [-0.1, -0.05) is 42.4 Å². The molecule has 2 aromatic rings. The predicted molar refractivity (Wildman–Crippen MR) is 88.2 cm³/mol. The minimum Gasteiger partial charge on any atom is -0.348 e. The Balaban J connectivity index is 2.03. The standard InChI is InChI=1S/C17H22N4O3/c1-10(2)15(17(23)18-9-14-12(4)20-24-21-14)19-16(22)13-8-6-5-7-11(13)3/h5-8,10,15H,9H2,1-4H3,(H,18,23)(H,19,22)/t15-/m0/s1. The van der Waals surface area contributed by atoms with Crippen molar-refractivity contribution in [1.82, 2.24) is 20.9 Å². The lowest BCUT2D eigenvalue weighted by Crippen LogP contribution is -2.49. The minimum absolute atomic E-state index is 0.0606. The van der Waals surface area contributed by atoms with Crippen LogP contribution in [0.5, 0.6) is 0 Å². The zero-order valence-electron chi connectivity index (χ0n) is 14.3. The van der Waals surface area contributed by atoms with Crippen LogP contribution in [0.2, 0.25) is 0 Å². The van der Waals surface area contributed by atoms with Crippen molar-refractivity contribution in [3.8, 4) is 0 Å². The van der Waals surface area contributed by atoms with E-state index >= 15 is 0 Å². The summed E-state index contributed by atoms with van der Waals surface area (Å²) in [5.74, 6) is -0.593. The quantitative estimate of drug-likeness (QED) is 0.841. The summed E-state index contributed by atoms with van der Waals surface area (Å²) in [4.78, 5) is 24.9. The fraction of sp³-hybridized carbons (Fsp3) is 0.412. The Bertz CT molecular complexity index is 724. The summed E-state index contributed by atoms with van der Waals surface area (Å²) in [6.07, 6.45) is 0. The summed E-state index contributed by atoms with van der Waals surface area (Å²) in [5, 5.41) is 13.0. The molecule has 0 fully saturated rings. The molecule has 0 unspecified atom stereocenters. The van der Waals surface area contributed by atoms with E-state index in [0.29, 0.717) is 17.0 Å². The van der Waals surface area contributed by atoms with Crippen LogP contribution in [0, 0.1) is 19.8 Å². The zero-order valence-corrected chi connectivity index (χ0v) is 14.3. The average Bonchev–Trinajstić information content (AvgIpc) is 2.95. The topological polar surface area (TPSA) is 97.1 Å². The second-order valence-electron chi connectivity index (χ2n) is 6.02. The molecule has 1 atom stereocenters. The lowest BCUT2D eigenvalue weighted by molar-refractivity contribution is -0.124. The van der Waals surface area contributed by atoms with Gasteiger partial charge in [-0.3, -0.25) is 9.59 Å². The van der Waals surface area contributed by atoms with Crippen LogP contribution in [-0.4, -0.2) is 28.2 Å². The smallest absolute Gasteiger partial charge is 0.252 e. The zero-order chi connectivity index (χ0) is 17.7. The molecule has 2 rings (SSSR count). The number of hydrogen-bond acceptors (Lipinski definition) is 5. The van der Waals surface area contributed by atoms with E-state index in [2.05, 4.69) is 25.6 Å². The minimum atomic E-state index is -0.641. The van der Waals surface area contributed by atoms with E-state index in [4.69, 9.17) is 0 Å². The van der Waals surface area contributed by atoms with E-state index in [1.54, 1.807) is 19.1 Å². The number of rotatable bonds is 6. The Labute approximate surface area is 140 Å². The Morgan fingerprint density at radius 1 is 1.17 bits per heavy atom. The van der Waals surface area contributed by atoms with Crippen molar-refractivity contribution in [1.29, 1.82) is 0 Å². The van der Waals surface area contributed by atoms with Gasteiger partial charge in [0, 0.05) is 5.56 Å². The number of nitrogens with zero attached hydrogens (tertiary/aromatic N) is 2. The molecular weight excluding hydrogens is 308 g/mol. The van der Waals surface area contributed by atoms with Crippen LogP contribution in [-0.2, 0) is 11.3 Å². The fourth-order valence-corrected chi connectivity index (χ4v) is 2.27. The van der Waals surface area contributed by atoms with Crippen molar-refractivity contribution in [2.45, 2.75) is 40.3 Å². The summed E-state index contributed by atoms with van der Waals surface area (Å²) in [6.45, 7) is 7.58. The van der Waals surface area contributed by atoms with Crippen LogP contribution >= 0.6 is 0 Å². The lowest BCUT2D eigenvalue weighted by Gasteiger charge is -2.22.